The van der Waals surface area contributed by atoms with Crippen molar-refractivity contribution in [1.29, 1.82) is 0 Å². The second-order valence-corrected chi connectivity index (χ2v) is 11.4. The van der Waals surface area contributed by atoms with E-state index in [1.165, 1.54) is 103 Å². The van der Waals surface area contributed by atoms with Crippen LogP contribution in [-0.2, 0) is 13.8 Å². The number of phosphoric ester groups is 1. The number of ether oxygens (including phenoxy) is 1. The van der Waals surface area contributed by atoms with Gasteiger partial charge in [0.1, 0.15) is 0 Å². The number of hydrogen-bond acceptors (Lipinski definition) is 4. The van der Waals surface area contributed by atoms with Crippen LogP contribution in [0.4, 0.5) is 0 Å². The molecule has 0 unspecified atom stereocenters. The third-order valence-corrected chi connectivity index (χ3v) is 7.40. The summed E-state index contributed by atoms with van der Waals surface area (Å²) in [6.07, 6.45) is 23.1. The highest BCUT2D eigenvalue weighted by molar-refractivity contribution is 7.99. The summed E-state index contributed by atoms with van der Waals surface area (Å²) in [6, 6.07) is 0. The van der Waals surface area contributed by atoms with Crippen molar-refractivity contribution >= 4 is 19.6 Å². The maximum atomic E-state index is 11.0. The summed E-state index contributed by atoms with van der Waals surface area (Å²) in [4.78, 5) is 18.0. The molecule has 0 aliphatic carbocycles. The minimum Gasteiger partial charge on any atom is -0.375 e. The van der Waals surface area contributed by atoms with Crippen molar-refractivity contribution in [2.45, 2.75) is 136 Å². The lowest BCUT2D eigenvalue weighted by Gasteiger charge is -2.18. The molecule has 0 aromatic heterocycles. The van der Waals surface area contributed by atoms with Gasteiger partial charge in [-0.25, -0.2) is 4.57 Å². The van der Waals surface area contributed by atoms with E-state index in [9.17, 15) is 4.57 Å². The molecular formula is C25H53O5PS. The van der Waals surface area contributed by atoms with Crippen molar-refractivity contribution in [3.63, 3.8) is 0 Å². The Morgan fingerprint density at radius 1 is 0.688 bits per heavy atom. The van der Waals surface area contributed by atoms with Crippen LogP contribution in [0.1, 0.15) is 129 Å². The molecule has 0 radical (unpaired) electrons. The number of hydrogen-bond donors (Lipinski definition) is 2. The minimum atomic E-state index is -4.44. The van der Waals surface area contributed by atoms with Gasteiger partial charge in [0.15, 0.2) is 0 Å². The predicted molar refractivity (Wildman–Crippen MR) is 140 cm³/mol. The molecule has 0 heterocycles. The molecule has 0 amide bonds. The largest absolute Gasteiger partial charge is 0.469 e. The Balaban J connectivity index is 3.74. The molecule has 0 aromatic carbocycles. The summed E-state index contributed by atoms with van der Waals surface area (Å²) in [7, 11) is -4.44. The fraction of sp³-hybridized carbons (Fsp3) is 1.00. The van der Waals surface area contributed by atoms with Crippen molar-refractivity contribution in [3.05, 3.63) is 0 Å². The Bertz CT molecular complexity index is 419. The molecule has 0 aliphatic heterocycles. The van der Waals surface area contributed by atoms with Gasteiger partial charge < -0.3 is 14.5 Å². The normalized spacial score (nSPS) is 13.0. The van der Waals surface area contributed by atoms with Crippen LogP contribution in [0, 0.1) is 0 Å². The molecule has 0 bridgehead atoms. The smallest absolute Gasteiger partial charge is 0.375 e. The summed E-state index contributed by atoms with van der Waals surface area (Å²) in [5, 5.41) is 0. The van der Waals surface area contributed by atoms with Gasteiger partial charge in [0, 0.05) is 12.4 Å². The van der Waals surface area contributed by atoms with Crippen LogP contribution >= 0.6 is 19.6 Å². The molecule has 0 spiro atoms. The number of unbranched alkanes of at least 4 members (excludes halogenated alkanes) is 16. The Kier molecular flexibility index (Phi) is 24.9. The topological polar surface area (TPSA) is 76.0 Å². The van der Waals surface area contributed by atoms with Gasteiger partial charge in [0.25, 0.3) is 0 Å². The van der Waals surface area contributed by atoms with Crippen molar-refractivity contribution < 1.29 is 23.6 Å². The van der Waals surface area contributed by atoms with Gasteiger partial charge in [-0.05, 0) is 18.6 Å². The van der Waals surface area contributed by atoms with Crippen LogP contribution in [0.25, 0.3) is 0 Å². The fourth-order valence-electron chi connectivity index (χ4n) is 3.72. The van der Waals surface area contributed by atoms with Crippen molar-refractivity contribution in [2.75, 3.05) is 24.7 Å². The molecule has 0 saturated carbocycles. The van der Waals surface area contributed by atoms with E-state index in [-0.39, 0.29) is 12.7 Å². The summed E-state index contributed by atoms with van der Waals surface area (Å²) >= 11 is 1.81. The van der Waals surface area contributed by atoms with E-state index >= 15 is 0 Å². The second kappa shape index (κ2) is 24.5. The van der Waals surface area contributed by atoms with Crippen LogP contribution < -0.4 is 0 Å². The van der Waals surface area contributed by atoms with Crippen LogP contribution in [0.2, 0.25) is 0 Å². The Hall–Kier alpha value is 0.420. The van der Waals surface area contributed by atoms with Crippen LogP contribution in [0.3, 0.4) is 0 Å². The lowest BCUT2D eigenvalue weighted by Crippen LogP contribution is -2.23. The summed E-state index contributed by atoms with van der Waals surface area (Å²) < 4.78 is 21.6. The number of thioether (sulfide) groups is 1. The van der Waals surface area contributed by atoms with Gasteiger partial charge >= 0.3 is 7.82 Å². The molecule has 0 saturated heterocycles. The van der Waals surface area contributed by atoms with Crippen LogP contribution in [0.5, 0.6) is 0 Å². The average molecular weight is 497 g/mol. The number of phosphoric acid groups is 1. The molecule has 0 aliphatic rings. The zero-order valence-electron chi connectivity index (χ0n) is 21.1. The summed E-state index contributed by atoms with van der Waals surface area (Å²) in [6.45, 7) is 5.10. The Morgan fingerprint density at radius 2 is 1.12 bits per heavy atom. The van der Waals surface area contributed by atoms with Gasteiger partial charge in [-0.2, -0.15) is 11.8 Å². The maximum Gasteiger partial charge on any atom is 0.469 e. The van der Waals surface area contributed by atoms with Gasteiger partial charge in [-0.1, -0.05) is 117 Å². The molecule has 5 nitrogen and oxygen atoms in total. The lowest BCUT2D eigenvalue weighted by atomic mass is 10.1. The SMILES string of the molecule is CCCCCCCCCCCCSC[C@H](COP(=O)(O)O)OCCCCCCCCCC. The maximum absolute atomic E-state index is 11.0. The summed E-state index contributed by atoms with van der Waals surface area (Å²) in [5.41, 5.74) is 0. The first-order valence-electron chi connectivity index (χ1n) is 13.4. The molecule has 0 rings (SSSR count). The lowest BCUT2D eigenvalue weighted by molar-refractivity contribution is 0.0244. The van der Waals surface area contributed by atoms with E-state index in [1.807, 2.05) is 11.8 Å². The van der Waals surface area contributed by atoms with Gasteiger partial charge in [-0.3, -0.25) is 4.52 Å². The van der Waals surface area contributed by atoms with E-state index in [4.69, 9.17) is 19.0 Å². The van der Waals surface area contributed by atoms with Crippen molar-refractivity contribution in [3.8, 4) is 0 Å². The van der Waals surface area contributed by atoms with Crippen LogP contribution in [-0.4, -0.2) is 40.6 Å². The monoisotopic (exact) mass is 496 g/mol. The highest BCUT2D eigenvalue weighted by Crippen LogP contribution is 2.36. The van der Waals surface area contributed by atoms with E-state index in [0.717, 1.165) is 24.3 Å². The molecule has 7 heteroatoms. The predicted octanol–water partition coefficient (Wildman–Crippen LogP) is 8.28. The zero-order chi connectivity index (χ0) is 23.8. The standard InChI is InChI=1S/C25H53O5PS/c1-3-5-7-9-11-13-14-16-18-20-22-32-24-25(23-30-31(26,27)28)29-21-19-17-15-12-10-8-6-4-2/h25H,3-24H2,1-2H3,(H2,26,27,28)/t25-/m0/s1. The van der Waals surface area contributed by atoms with Crippen LogP contribution in [0.15, 0.2) is 0 Å². The Morgan fingerprint density at radius 3 is 1.59 bits per heavy atom. The van der Waals surface area contributed by atoms with E-state index in [2.05, 4.69) is 13.8 Å². The minimum absolute atomic E-state index is 0.0354. The molecular weight excluding hydrogens is 443 g/mol. The number of rotatable bonds is 26. The van der Waals surface area contributed by atoms with Crippen molar-refractivity contribution in [1.82, 2.24) is 0 Å². The van der Waals surface area contributed by atoms with Gasteiger partial charge in [0.2, 0.25) is 0 Å². The molecule has 32 heavy (non-hydrogen) atoms. The molecule has 2 N–H and O–H groups in total. The van der Waals surface area contributed by atoms with Gasteiger partial charge in [0.05, 0.1) is 12.7 Å². The molecule has 1 atom stereocenters. The molecule has 0 aromatic rings. The highest BCUT2D eigenvalue weighted by atomic mass is 32.2. The zero-order valence-corrected chi connectivity index (χ0v) is 22.8. The van der Waals surface area contributed by atoms with E-state index in [0.29, 0.717) is 6.61 Å². The highest BCUT2D eigenvalue weighted by Gasteiger charge is 2.18. The molecule has 0 fully saturated rings. The fourth-order valence-corrected chi connectivity index (χ4v) is 5.11. The van der Waals surface area contributed by atoms with E-state index < -0.39 is 7.82 Å². The first-order chi connectivity index (χ1) is 15.5. The third-order valence-electron chi connectivity index (χ3n) is 5.73. The average Bonchev–Trinajstić information content (AvgIpc) is 2.75. The third kappa shape index (κ3) is 26.7. The Labute approximate surface area is 203 Å². The van der Waals surface area contributed by atoms with Gasteiger partial charge in [-0.15, -0.1) is 0 Å². The van der Waals surface area contributed by atoms with Crippen molar-refractivity contribution in [2.24, 2.45) is 0 Å². The second-order valence-electron chi connectivity index (χ2n) is 9.01. The summed E-state index contributed by atoms with van der Waals surface area (Å²) in [5.74, 6) is 1.80. The van der Waals surface area contributed by atoms with E-state index in [1.54, 1.807) is 0 Å². The first-order valence-corrected chi connectivity index (χ1v) is 16.1. The quantitative estimate of drug-likeness (QED) is 0.0927. The molecule has 194 valence electrons. The first kappa shape index (κ1) is 32.4.